The first-order valence-electron chi connectivity index (χ1n) is 7.80. The van der Waals surface area contributed by atoms with Crippen LogP contribution in [-0.2, 0) is 28.1 Å². The molecule has 6 nitrogen and oxygen atoms in total. The number of carbonyl (C=O) groups is 1. The van der Waals surface area contributed by atoms with Crippen LogP contribution in [0.1, 0.15) is 25.6 Å². The van der Waals surface area contributed by atoms with Crippen LogP contribution in [0.25, 0.3) is 11.0 Å². The molecule has 1 N–H and O–H groups in total. The molecule has 1 heterocycles. The van der Waals surface area contributed by atoms with Crippen molar-refractivity contribution in [3.63, 3.8) is 0 Å². The fourth-order valence-corrected chi connectivity index (χ4v) is 3.80. The van der Waals surface area contributed by atoms with Crippen LogP contribution in [0.4, 0.5) is 0 Å². The molecule has 0 saturated carbocycles. The van der Waals surface area contributed by atoms with Gasteiger partial charge in [0.05, 0.1) is 16.8 Å². The largest absolute Gasteiger partial charge is 0.355 e. The first-order chi connectivity index (χ1) is 10.9. The maximum atomic E-state index is 11.6. The lowest BCUT2D eigenvalue weighted by molar-refractivity contribution is -0.118. The van der Waals surface area contributed by atoms with Crippen molar-refractivity contribution in [3.05, 3.63) is 30.1 Å². The lowest BCUT2D eigenvalue weighted by atomic mass is 10.3. The van der Waals surface area contributed by atoms with E-state index in [9.17, 15) is 13.2 Å². The standard InChI is InChI=1S/C16H23N3O3S/c1-3-11-23(21,22)12-16(20)17-10-6-9-15-18-13-7-4-5-8-14(13)19(15)2/h4-5,7-8H,3,6,9-12H2,1-2H3,(H,17,20). The van der Waals surface area contributed by atoms with Gasteiger partial charge in [-0.25, -0.2) is 13.4 Å². The van der Waals surface area contributed by atoms with Gasteiger partial charge in [-0.2, -0.15) is 0 Å². The van der Waals surface area contributed by atoms with Gasteiger partial charge >= 0.3 is 0 Å². The zero-order valence-electron chi connectivity index (χ0n) is 13.6. The number of aryl methyl sites for hydroxylation is 2. The maximum absolute atomic E-state index is 11.6. The van der Waals surface area contributed by atoms with E-state index in [1.165, 1.54) is 0 Å². The van der Waals surface area contributed by atoms with E-state index in [-0.39, 0.29) is 5.75 Å². The number of hydrogen-bond acceptors (Lipinski definition) is 4. The van der Waals surface area contributed by atoms with Gasteiger partial charge in [-0.15, -0.1) is 0 Å². The SMILES string of the molecule is CCCS(=O)(=O)CC(=O)NCCCc1nc2ccccc2n1C. The summed E-state index contributed by atoms with van der Waals surface area (Å²) in [6.07, 6.45) is 1.98. The van der Waals surface area contributed by atoms with Crippen LogP contribution in [-0.4, -0.2) is 41.9 Å². The van der Waals surface area contributed by atoms with Gasteiger partial charge in [0, 0.05) is 20.0 Å². The fraction of sp³-hybridized carbons (Fsp3) is 0.500. The molecule has 0 aliphatic heterocycles. The highest BCUT2D eigenvalue weighted by molar-refractivity contribution is 7.92. The van der Waals surface area contributed by atoms with Crippen molar-refractivity contribution >= 4 is 26.8 Å². The third kappa shape index (κ3) is 4.79. The Balaban J connectivity index is 1.81. The molecule has 0 spiro atoms. The lowest BCUT2D eigenvalue weighted by Crippen LogP contribution is -2.32. The number of nitrogens with one attached hydrogen (secondary N) is 1. The predicted molar refractivity (Wildman–Crippen MR) is 91.0 cm³/mol. The highest BCUT2D eigenvalue weighted by Crippen LogP contribution is 2.14. The van der Waals surface area contributed by atoms with Crippen molar-refractivity contribution in [2.75, 3.05) is 18.1 Å². The average molecular weight is 337 g/mol. The molecule has 126 valence electrons. The average Bonchev–Trinajstić information content (AvgIpc) is 2.80. The van der Waals surface area contributed by atoms with Crippen molar-refractivity contribution in [3.8, 4) is 0 Å². The third-order valence-corrected chi connectivity index (χ3v) is 5.38. The Morgan fingerprint density at radius 2 is 2.04 bits per heavy atom. The Labute approximate surface area is 136 Å². The van der Waals surface area contributed by atoms with Gasteiger partial charge in [0.2, 0.25) is 5.91 Å². The molecule has 0 saturated heterocycles. The number of carbonyl (C=O) groups excluding carboxylic acids is 1. The highest BCUT2D eigenvalue weighted by atomic mass is 32.2. The van der Waals surface area contributed by atoms with Gasteiger partial charge in [0.15, 0.2) is 9.84 Å². The van der Waals surface area contributed by atoms with Crippen LogP contribution in [0.5, 0.6) is 0 Å². The summed E-state index contributed by atoms with van der Waals surface area (Å²) in [5, 5.41) is 2.67. The molecular formula is C16H23N3O3S. The summed E-state index contributed by atoms with van der Waals surface area (Å²) < 4.78 is 25.2. The van der Waals surface area contributed by atoms with Crippen molar-refractivity contribution in [2.45, 2.75) is 26.2 Å². The molecular weight excluding hydrogens is 314 g/mol. The molecule has 0 aliphatic rings. The van der Waals surface area contributed by atoms with Gasteiger partial charge in [-0.1, -0.05) is 19.1 Å². The van der Waals surface area contributed by atoms with Gasteiger partial charge in [-0.3, -0.25) is 4.79 Å². The second-order valence-corrected chi connectivity index (χ2v) is 7.81. The van der Waals surface area contributed by atoms with Crippen LogP contribution in [0.15, 0.2) is 24.3 Å². The first-order valence-corrected chi connectivity index (χ1v) is 9.62. The Morgan fingerprint density at radius 1 is 1.30 bits per heavy atom. The van der Waals surface area contributed by atoms with Crippen molar-refractivity contribution in [1.29, 1.82) is 0 Å². The molecule has 0 atom stereocenters. The summed E-state index contributed by atoms with van der Waals surface area (Å²) in [7, 11) is -1.30. The van der Waals surface area contributed by atoms with Crippen molar-refractivity contribution in [2.24, 2.45) is 7.05 Å². The smallest absolute Gasteiger partial charge is 0.235 e. The minimum atomic E-state index is -3.27. The molecule has 0 radical (unpaired) electrons. The zero-order valence-corrected chi connectivity index (χ0v) is 14.4. The van der Waals surface area contributed by atoms with E-state index in [4.69, 9.17) is 0 Å². The normalized spacial score (nSPS) is 11.7. The van der Waals surface area contributed by atoms with E-state index < -0.39 is 21.5 Å². The topological polar surface area (TPSA) is 81.1 Å². The Hall–Kier alpha value is -1.89. The molecule has 2 aromatic rings. The van der Waals surface area contributed by atoms with E-state index in [1.54, 1.807) is 6.92 Å². The number of nitrogens with zero attached hydrogens (tertiary/aromatic N) is 2. The molecule has 0 fully saturated rings. The quantitative estimate of drug-likeness (QED) is 0.739. The van der Waals surface area contributed by atoms with Crippen LogP contribution in [0.3, 0.4) is 0 Å². The van der Waals surface area contributed by atoms with Crippen molar-refractivity contribution < 1.29 is 13.2 Å². The molecule has 0 unspecified atom stereocenters. The molecule has 1 aromatic carbocycles. The molecule has 7 heteroatoms. The maximum Gasteiger partial charge on any atom is 0.235 e. The number of para-hydroxylation sites is 2. The van der Waals surface area contributed by atoms with E-state index in [1.807, 2.05) is 35.9 Å². The predicted octanol–water partition coefficient (Wildman–Crippen LogP) is 1.45. The number of fused-ring (bicyclic) bond motifs is 1. The Morgan fingerprint density at radius 3 is 2.74 bits per heavy atom. The molecule has 0 bridgehead atoms. The Kier molecular flexibility index (Phi) is 5.76. The molecule has 1 aromatic heterocycles. The van der Waals surface area contributed by atoms with Gasteiger partial charge in [-0.05, 0) is 25.0 Å². The van der Waals surface area contributed by atoms with E-state index >= 15 is 0 Å². The number of imidazole rings is 1. The molecule has 2 rings (SSSR count). The fourth-order valence-electron chi connectivity index (χ4n) is 2.53. The van der Waals surface area contributed by atoms with Crippen LogP contribution in [0, 0.1) is 0 Å². The third-order valence-electron chi connectivity index (χ3n) is 3.65. The van der Waals surface area contributed by atoms with Gasteiger partial charge in [0.1, 0.15) is 11.6 Å². The van der Waals surface area contributed by atoms with Crippen LogP contribution < -0.4 is 5.32 Å². The monoisotopic (exact) mass is 337 g/mol. The molecule has 0 aliphatic carbocycles. The van der Waals surface area contributed by atoms with Gasteiger partial charge in [0.25, 0.3) is 0 Å². The number of benzene rings is 1. The highest BCUT2D eigenvalue weighted by Gasteiger charge is 2.15. The number of sulfone groups is 1. The van der Waals surface area contributed by atoms with Crippen LogP contribution in [0.2, 0.25) is 0 Å². The summed E-state index contributed by atoms with van der Waals surface area (Å²) in [5.41, 5.74) is 2.04. The summed E-state index contributed by atoms with van der Waals surface area (Å²) in [6, 6.07) is 7.92. The van der Waals surface area contributed by atoms with Crippen LogP contribution >= 0.6 is 0 Å². The lowest BCUT2D eigenvalue weighted by Gasteiger charge is -2.06. The van der Waals surface area contributed by atoms with E-state index in [0.717, 1.165) is 29.7 Å². The van der Waals surface area contributed by atoms with E-state index in [0.29, 0.717) is 13.0 Å². The summed E-state index contributed by atoms with van der Waals surface area (Å²) >= 11 is 0. The minimum absolute atomic E-state index is 0.0558. The Bertz CT molecular complexity index is 781. The number of aromatic nitrogens is 2. The first kappa shape index (κ1) is 17.5. The second-order valence-electron chi connectivity index (χ2n) is 5.62. The summed E-state index contributed by atoms with van der Waals surface area (Å²) in [5.74, 6) is 0.162. The molecule has 23 heavy (non-hydrogen) atoms. The zero-order chi connectivity index (χ0) is 16.9. The second kappa shape index (κ2) is 7.59. The molecule has 1 amide bonds. The number of hydrogen-bond donors (Lipinski definition) is 1. The van der Waals surface area contributed by atoms with Gasteiger partial charge < -0.3 is 9.88 Å². The summed E-state index contributed by atoms with van der Waals surface area (Å²) in [4.78, 5) is 16.2. The van der Waals surface area contributed by atoms with E-state index in [2.05, 4.69) is 10.3 Å². The number of amides is 1. The minimum Gasteiger partial charge on any atom is -0.355 e. The summed E-state index contributed by atoms with van der Waals surface area (Å²) in [6.45, 7) is 2.23. The van der Waals surface area contributed by atoms with Crippen molar-refractivity contribution in [1.82, 2.24) is 14.9 Å². The number of rotatable bonds is 8.